The first-order valence-electron chi connectivity index (χ1n) is 5.04. The second-order valence-electron chi connectivity index (χ2n) is 3.65. The van der Waals surface area contributed by atoms with Gasteiger partial charge >= 0.3 is 0 Å². The molecule has 5 heteroatoms. The molecule has 0 spiro atoms. The van der Waals surface area contributed by atoms with Gasteiger partial charge in [-0.05, 0) is 19.3 Å². The highest BCUT2D eigenvalue weighted by molar-refractivity contribution is 7.85. The SMILES string of the molecule is CC[C@H](N)C(=O)NC1CCS(=O)CC1. The summed E-state index contributed by atoms with van der Waals surface area (Å²) in [6.07, 6.45) is 2.29. The van der Waals surface area contributed by atoms with E-state index in [0.717, 1.165) is 12.8 Å². The van der Waals surface area contributed by atoms with Crippen molar-refractivity contribution >= 4 is 16.7 Å². The van der Waals surface area contributed by atoms with Crippen LogP contribution in [0.25, 0.3) is 0 Å². The smallest absolute Gasteiger partial charge is 0.237 e. The molecule has 4 nitrogen and oxygen atoms in total. The number of hydrogen-bond donors (Lipinski definition) is 2. The molecule has 1 amide bonds. The molecule has 1 saturated heterocycles. The van der Waals surface area contributed by atoms with Crippen LogP contribution in [0.15, 0.2) is 0 Å². The molecule has 0 bridgehead atoms. The molecule has 0 saturated carbocycles. The maximum Gasteiger partial charge on any atom is 0.237 e. The number of carbonyl (C=O) groups excluding carboxylic acids is 1. The predicted molar refractivity (Wildman–Crippen MR) is 57.3 cm³/mol. The lowest BCUT2D eigenvalue weighted by molar-refractivity contribution is -0.123. The Hall–Kier alpha value is -0.420. The molecular weight excluding hydrogens is 200 g/mol. The Bertz CT molecular complexity index is 223. The van der Waals surface area contributed by atoms with Gasteiger partial charge in [0, 0.05) is 28.3 Å². The minimum atomic E-state index is -0.671. The van der Waals surface area contributed by atoms with E-state index in [2.05, 4.69) is 5.32 Å². The summed E-state index contributed by atoms with van der Waals surface area (Å²) >= 11 is 0. The molecule has 82 valence electrons. The molecule has 0 aromatic heterocycles. The zero-order valence-corrected chi connectivity index (χ0v) is 9.31. The molecule has 0 radical (unpaired) electrons. The van der Waals surface area contributed by atoms with Crippen LogP contribution in [0, 0.1) is 0 Å². The average molecular weight is 218 g/mol. The van der Waals surface area contributed by atoms with Crippen molar-refractivity contribution in [3.63, 3.8) is 0 Å². The standard InChI is InChI=1S/C9H18N2O2S/c1-2-8(10)9(12)11-7-3-5-14(13)6-4-7/h7-8H,2-6,10H2,1H3,(H,11,12)/t7?,8-,14?/m0/s1. The van der Waals surface area contributed by atoms with Gasteiger partial charge in [0.2, 0.25) is 5.91 Å². The van der Waals surface area contributed by atoms with Crippen molar-refractivity contribution in [1.29, 1.82) is 0 Å². The molecule has 1 fully saturated rings. The first kappa shape index (κ1) is 11.7. The fourth-order valence-corrected chi connectivity index (χ4v) is 2.73. The fraction of sp³-hybridized carbons (Fsp3) is 0.889. The maximum atomic E-state index is 11.4. The van der Waals surface area contributed by atoms with Crippen LogP contribution >= 0.6 is 0 Å². The fourth-order valence-electron chi connectivity index (χ4n) is 1.43. The van der Waals surface area contributed by atoms with E-state index in [0.29, 0.717) is 17.9 Å². The first-order chi connectivity index (χ1) is 6.63. The summed E-state index contributed by atoms with van der Waals surface area (Å²) in [5.74, 6) is 1.32. The Morgan fingerprint density at radius 1 is 1.57 bits per heavy atom. The molecule has 1 heterocycles. The van der Waals surface area contributed by atoms with Crippen molar-refractivity contribution in [2.45, 2.75) is 38.3 Å². The quantitative estimate of drug-likeness (QED) is 0.686. The zero-order valence-electron chi connectivity index (χ0n) is 8.49. The maximum absolute atomic E-state index is 11.4. The minimum Gasteiger partial charge on any atom is -0.352 e. The molecule has 14 heavy (non-hydrogen) atoms. The zero-order chi connectivity index (χ0) is 10.6. The summed E-state index contributed by atoms with van der Waals surface area (Å²) in [7, 11) is -0.671. The van der Waals surface area contributed by atoms with E-state index in [1.165, 1.54) is 0 Å². The van der Waals surface area contributed by atoms with Gasteiger partial charge in [-0.25, -0.2) is 0 Å². The Kier molecular flexibility index (Phi) is 4.54. The lowest BCUT2D eigenvalue weighted by Gasteiger charge is -2.23. The Balaban J connectivity index is 2.30. The van der Waals surface area contributed by atoms with Crippen molar-refractivity contribution < 1.29 is 9.00 Å². The van der Waals surface area contributed by atoms with E-state index in [1.54, 1.807) is 0 Å². The van der Waals surface area contributed by atoms with Crippen LogP contribution < -0.4 is 11.1 Å². The molecule has 1 atom stereocenters. The topological polar surface area (TPSA) is 72.2 Å². The van der Waals surface area contributed by atoms with E-state index < -0.39 is 16.8 Å². The first-order valence-corrected chi connectivity index (χ1v) is 6.53. The average Bonchev–Trinajstić information content (AvgIpc) is 2.20. The van der Waals surface area contributed by atoms with Gasteiger partial charge in [0.15, 0.2) is 0 Å². The van der Waals surface area contributed by atoms with Gasteiger partial charge in [-0.15, -0.1) is 0 Å². The van der Waals surface area contributed by atoms with Crippen LogP contribution in [0.1, 0.15) is 26.2 Å². The molecule has 0 aromatic carbocycles. The van der Waals surface area contributed by atoms with Gasteiger partial charge in [0.1, 0.15) is 0 Å². The summed E-state index contributed by atoms with van der Waals surface area (Å²) in [4.78, 5) is 11.4. The van der Waals surface area contributed by atoms with Crippen molar-refractivity contribution in [2.24, 2.45) is 5.73 Å². The van der Waals surface area contributed by atoms with Gasteiger partial charge in [-0.3, -0.25) is 9.00 Å². The van der Waals surface area contributed by atoms with Crippen LogP contribution in [-0.4, -0.2) is 33.7 Å². The third-order valence-corrected chi connectivity index (χ3v) is 3.89. The Morgan fingerprint density at radius 3 is 2.64 bits per heavy atom. The van der Waals surface area contributed by atoms with E-state index in [4.69, 9.17) is 5.73 Å². The minimum absolute atomic E-state index is 0.0785. The second kappa shape index (κ2) is 5.46. The summed E-state index contributed by atoms with van der Waals surface area (Å²) in [5, 5.41) is 2.89. The van der Waals surface area contributed by atoms with Gasteiger partial charge < -0.3 is 11.1 Å². The Labute approximate surface area is 87.1 Å². The molecule has 1 aliphatic heterocycles. The van der Waals surface area contributed by atoms with Gasteiger partial charge in [-0.2, -0.15) is 0 Å². The number of carbonyl (C=O) groups is 1. The lowest BCUT2D eigenvalue weighted by Crippen LogP contribution is -2.47. The molecule has 0 unspecified atom stereocenters. The second-order valence-corrected chi connectivity index (χ2v) is 5.34. The van der Waals surface area contributed by atoms with Gasteiger partial charge in [-0.1, -0.05) is 6.92 Å². The number of amides is 1. The van der Waals surface area contributed by atoms with Crippen LogP contribution in [-0.2, 0) is 15.6 Å². The molecule has 0 aliphatic carbocycles. The highest BCUT2D eigenvalue weighted by atomic mass is 32.2. The number of rotatable bonds is 3. The van der Waals surface area contributed by atoms with Crippen molar-refractivity contribution in [3.8, 4) is 0 Å². The highest BCUT2D eigenvalue weighted by Crippen LogP contribution is 2.09. The molecule has 1 aliphatic rings. The van der Waals surface area contributed by atoms with Gasteiger partial charge in [0.05, 0.1) is 6.04 Å². The lowest BCUT2D eigenvalue weighted by atomic mass is 10.1. The summed E-state index contributed by atoms with van der Waals surface area (Å²) < 4.78 is 11.1. The van der Waals surface area contributed by atoms with Crippen molar-refractivity contribution in [3.05, 3.63) is 0 Å². The van der Waals surface area contributed by atoms with E-state index in [9.17, 15) is 9.00 Å². The number of hydrogen-bond acceptors (Lipinski definition) is 3. The monoisotopic (exact) mass is 218 g/mol. The summed E-state index contributed by atoms with van der Waals surface area (Å²) in [6, 6.07) is -0.222. The molecular formula is C9H18N2O2S. The van der Waals surface area contributed by atoms with Crippen molar-refractivity contribution in [2.75, 3.05) is 11.5 Å². The van der Waals surface area contributed by atoms with Crippen LogP contribution in [0.2, 0.25) is 0 Å². The van der Waals surface area contributed by atoms with Crippen LogP contribution in [0.5, 0.6) is 0 Å². The van der Waals surface area contributed by atoms with Crippen molar-refractivity contribution in [1.82, 2.24) is 5.32 Å². The third kappa shape index (κ3) is 3.38. The number of nitrogens with two attached hydrogens (primary N) is 1. The molecule has 1 rings (SSSR count). The van der Waals surface area contributed by atoms with Crippen LogP contribution in [0.4, 0.5) is 0 Å². The third-order valence-electron chi connectivity index (χ3n) is 2.51. The van der Waals surface area contributed by atoms with Gasteiger partial charge in [0.25, 0.3) is 0 Å². The molecule has 3 N–H and O–H groups in total. The normalized spacial score (nSPS) is 29.6. The summed E-state index contributed by atoms with van der Waals surface area (Å²) in [6.45, 7) is 1.89. The van der Waals surface area contributed by atoms with Crippen LogP contribution in [0.3, 0.4) is 0 Å². The molecule has 0 aromatic rings. The van der Waals surface area contributed by atoms with E-state index >= 15 is 0 Å². The number of nitrogens with one attached hydrogen (secondary N) is 1. The summed E-state index contributed by atoms with van der Waals surface area (Å²) in [5.41, 5.74) is 5.59. The van der Waals surface area contributed by atoms with E-state index in [1.807, 2.05) is 6.92 Å². The Morgan fingerprint density at radius 2 is 2.14 bits per heavy atom. The highest BCUT2D eigenvalue weighted by Gasteiger charge is 2.21. The van der Waals surface area contributed by atoms with E-state index in [-0.39, 0.29) is 11.9 Å². The predicted octanol–water partition coefficient (Wildman–Crippen LogP) is -0.249. The largest absolute Gasteiger partial charge is 0.352 e.